The zero-order valence-electron chi connectivity index (χ0n) is 13.7. The SMILES string of the molecule is C/C=C/C(CC)(C(=O)c1ccc(OC)cc1)N1CCOCC1. The van der Waals surface area contributed by atoms with E-state index in [4.69, 9.17) is 9.47 Å². The van der Waals surface area contributed by atoms with E-state index >= 15 is 0 Å². The number of rotatable bonds is 6. The molecule has 0 N–H and O–H groups in total. The number of carbonyl (C=O) groups excluding carboxylic acids is 1. The van der Waals surface area contributed by atoms with Gasteiger partial charge in [-0.2, -0.15) is 0 Å². The number of Topliss-reactive ketones (excluding diaryl/α,β-unsaturated/α-hetero) is 1. The molecule has 1 unspecified atom stereocenters. The third-order valence-electron chi connectivity index (χ3n) is 4.30. The minimum absolute atomic E-state index is 0.137. The first-order valence-corrected chi connectivity index (χ1v) is 7.83. The van der Waals surface area contributed by atoms with Gasteiger partial charge in [0.05, 0.1) is 20.3 Å². The van der Waals surface area contributed by atoms with Gasteiger partial charge in [0.25, 0.3) is 0 Å². The Hall–Kier alpha value is -1.65. The van der Waals surface area contributed by atoms with E-state index in [0.717, 1.165) is 25.3 Å². The molecule has 1 aromatic carbocycles. The second kappa shape index (κ2) is 7.56. The number of nitrogens with zero attached hydrogens (tertiary/aromatic N) is 1. The van der Waals surface area contributed by atoms with E-state index in [1.807, 2.05) is 43.3 Å². The number of ether oxygens (including phenoxy) is 2. The molecule has 0 aromatic heterocycles. The Labute approximate surface area is 132 Å². The highest BCUT2D eigenvalue weighted by molar-refractivity contribution is 6.04. The lowest BCUT2D eigenvalue weighted by Gasteiger charge is -2.42. The summed E-state index contributed by atoms with van der Waals surface area (Å²) in [7, 11) is 1.63. The van der Waals surface area contributed by atoms with Crippen molar-refractivity contribution in [1.29, 1.82) is 0 Å². The van der Waals surface area contributed by atoms with Gasteiger partial charge in [-0.3, -0.25) is 9.69 Å². The number of benzene rings is 1. The first kappa shape index (κ1) is 16.7. The zero-order chi connectivity index (χ0) is 16.0. The molecule has 1 aliphatic heterocycles. The molecule has 4 heteroatoms. The van der Waals surface area contributed by atoms with Gasteiger partial charge in [-0.15, -0.1) is 0 Å². The average Bonchev–Trinajstić information content (AvgIpc) is 2.60. The zero-order valence-corrected chi connectivity index (χ0v) is 13.7. The molecule has 0 saturated carbocycles. The van der Waals surface area contributed by atoms with Gasteiger partial charge >= 0.3 is 0 Å². The Balaban J connectivity index is 2.35. The van der Waals surface area contributed by atoms with Gasteiger partial charge < -0.3 is 9.47 Å². The molecule has 4 nitrogen and oxygen atoms in total. The standard InChI is InChI=1S/C18H25NO3/c1-4-10-18(5-2,19-11-13-22-14-12-19)17(20)15-6-8-16(21-3)9-7-15/h4,6-10H,5,11-14H2,1-3H3/b10-4+. The van der Waals surface area contributed by atoms with Crippen LogP contribution in [0.25, 0.3) is 0 Å². The summed E-state index contributed by atoms with van der Waals surface area (Å²) in [6, 6.07) is 7.36. The normalized spacial score (nSPS) is 19.0. The number of allylic oxidation sites excluding steroid dienone is 1. The maximum absolute atomic E-state index is 13.2. The molecule has 0 amide bonds. The van der Waals surface area contributed by atoms with E-state index < -0.39 is 5.54 Å². The molecule has 120 valence electrons. The fourth-order valence-electron chi connectivity index (χ4n) is 3.06. The quantitative estimate of drug-likeness (QED) is 0.598. The van der Waals surface area contributed by atoms with Crippen molar-refractivity contribution in [3.8, 4) is 5.75 Å². The largest absolute Gasteiger partial charge is 0.497 e. The van der Waals surface area contributed by atoms with Crippen LogP contribution in [0.15, 0.2) is 36.4 Å². The van der Waals surface area contributed by atoms with Crippen LogP contribution in [0.1, 0.15) is 30.6 Å². The van der Waals surface area contributed by atoms with Crippen molar-refractivity contribution < 1.29 is 14.3 Å². The van der Waals surface area contributed by atoms with Crippen molar-refractivity contribution in [2.75, 3.05) is 33.4 Å². The van der Waals surface area contributed by atoms with Crippen molar-refractivity contribution in [2.24, 2.45) is 0 Å². The molecule has 1 saturated heterocycles. The summed E-state index contributed by atoms with van der Waals surface area (Å²) >= 11 is 0. The predicted molar refractivity (Wildman–Crippen MR) is 87.6 cm³/mol. The fraction of sp³-hybridized carbons (Fsp3) is 0.500. The number of methoxy groups -OCH3 is 1. The lowest BCUT2D eigenvalue weighted by Crippen LogP contribution is -2.56. The Morgan fingerprint density at radius 1 is 1.32 bits per heavy atom. The summed E-state index contributed by atoms with van der Waals surface area (Å²) in [6.07, 6.45) is 4.74. The van der Waals surface area contributed by atoms with Crippen LogP contribution in [0.3, 0.4) is 0 Å². The second-order valence-electron chi connectivity index (χ2n) is 5.43. The van der Waals surface area contributed by atoms with E-state index in [0.29, 0.717) is 18.8 Å². The monoisotopic (exact) mass is 303 g/mol. The van der Waals surface area contributed by atoms with Crippen LogP contribution < -0.4 is 4.74 Å². The Kier molecular flexibility index (Phi) is 5.75. The molecule has 0 spiro atoms. The van der Waals surface area contributed by atoms with Crippen molar-refractivity contribution in [3.63, 3.8) is 0 Å². The highest BCUT2D eigenvalue weighted by Crippen LogP contribution is 2.28. The van der Waals surface area contributed by atoms with Gasteiger partial charge in [-0.1, -0.05) is 19.1 Å². The molecule has 0 bridgehead atoms. The summed E-state index contributed by atoms with van der Waals surface area (Å²) in [6.45, 7) is 6.94. The minimum atomic E-state index is -0.590. The molecule has 1 fully saturated rings. The van der Waals surface area contributed by atoms with Crippen LogP contribution in [-0.2, 0) is 4.74 Å². The van der Waals surface area contributed by atoms with Gasteiger partial charge in [0, 0.05) is 18.7 Å². The molecule has 2 rings (SSSR count). The fourth-order valence-corrected chi connectivity index (χ4v) is 3.06. The molecule has 1 atom stereocenters. The number of morpholine rings is 1. The highest BCUT2D eigenvalue weighted by atomic mass is 16.5. The molecule has 0 radical (unpaired) electrons. The number of carbonyl (C=O) groups is 1. The van der Waals surface area contributed by atoms with Crippen LogP contribution in [-0.4, -0.2) is 49.6 Å². The maximum Gasteiger partial charge on any atom is 0.186 e. The van der Waals surface area contributed by atoms with Gasteiger partial charge in [0.1, 0.15) is 11.3 Å². The third kappa shape index (κ3) is 3.23. The molecule has 22 heavy (non-hydrogen) atoms. The minimum Gasteiger partial charge on any atom is -0.497 e. The highest BCUT2D eigenvalue weighted by Gasteiger charge is 2.40. The molecule has 1 aliphatic rings. The maximum atomic E-state index is 13.2. The summed E-state index contributed by atoms with van der Waals surface area (Å²) < 4.78 is 10.6. The van der Waals surface area contributed by atoms with Gasteiger partial charge in [0.15, 0.2) is 5.78 Å². The molecule has 0 aliphatic carbocycles. The van der Waals surface area contributed by atoms with E-state index in [9.17, 15) is 4.79 Å². The van der Waals surface area contributed by atoms with Crippen molar-refractivity contribution in [1.82, 2.24) is 4.90 Å². The summed E-state index contributed by atoms with van der Waals surface area (Å²) in [5, 5.41) is 0. The Morgan fingerprint density at radius 2 is 1.95 bits per heavy atom. The van der Waals surface area contributed by atoms with Crippen LogP contribution in [0.2, 0.25) is 0 Å². The smallest absolute Gasteiger partial charge is 0.186 e. The van der Waals surface area contributed by atoms with E-state index in [1.165, 1.54) is 0 Å². The number of hydrogen-bond acceptors (Lipinski definition) is 4. The van der Waals surface area contributed by atoms with Crippen LogP contribution >= 0.6 is 0 Å². The van der Waals surface area contributed by atoms with Crippen molar-refractivity contribution in [2.45, 2.75) is 25.8 Å². The van der Waals surface area contributed by atoms with Crippen LogP contribution in [0.4, 0.5) is 0 Å². The van der Waals surface area contributed by atoms with E-state index in [2.05, 4.69) is 11.8 Å². The lowest BCUT2D eigenvalue weighted by atomic mass is 9.84. The van der Waals surface area contributed by atoms with Crippen LogP contribution in [0, 0.1) is 0 Å². The van der Waals surface area contributed by atoms with E-state index in [1.54, 1.807) is 7.11 Å². The number of hydrogen-bond donors (Lipinski definition) is 0. The molecule has 1 heterocycles. The third-order valence-corrected chi connectivity index (χ3v) is 4.30. The molecular weight excluding hydrogens is 278 g/mol. The Morgan fingerprint density at radius 3 is 2.45 bits per heavy atom. The van der Waals surface area contributed by atoms with Crippen molar-refractivity contribution in [3.05, 3.63) is 42.0 Å². The average molecular weight is 303 g/mol. The topological polar surface area (TPSA) is 38.8 Å². The van der Waals surface area contributed by atoms with E-state index in [-0.39, 0.29) is 5.78 Å². The van der Waals surface area contributed by atoms with Gasteiger partial charge in [0.2, 0.25) is 0 Å². The second-order valence-corrected chi connectivity index (χ2v) is 5.43. The van der Waals surface area contributed by atoms with Crippen molar-refractivity contribution >= 4 is 5.78 Å². The number of ketones is 1. The van der Waals surface area contributed by atoms with Gasteiger partial charge in [-0.05, 0) is 37.6 Å². The first-order chi connectivity index (χ1) is 10.7. The summed E-state index contributed by atoms with van der Waals surface area (Å²) in [4.78, 5) is 15.5. The molecular formula is C18H25NO3. The lowest BCUT2D eigenvalue weighted by molar-refractivity contribution is -0.00222. The predicted octanol–water partition coefficient (Wildman–Crippen LogP) is 2.94. The Bertz CT molecular complexity index is 518. The first-order valence-electron chi connectivity index (χ1n) is 7.83. The summed E-state index contributed by atoms with van der Waals surface area (Å²) in [5.41, 5.74) is 0.125. The van der Waals surface area contributed by atoms with Gasteiger partial charge in [-0.25, -0.2) is 0 Å². The summed E-state index contributed by atoms with van der Waals surface area (Å²) in [5.74, 6) is 0.897. The molecule has 1 aromatic rings. The van der Waals surface area contributed by atoms with Crippen LogP contribution in [0.5, 0.6) is 5.75 Å².